The van der Waals surface area contributed by atoms with E-state index in [0.29, 0.717) is 17.3 Å². The molecule has 0 spiro atoms. The number of benzene rings is 1. The van der Waals surface area contributed by atoms with Gasteiger partial charge in [-0.2, -0.15) is 0 Å². The van der Waals surface area contributed by atoms with E-state index >= 15 is 0 Å². The molecule has 0 saturated carbocycles. The first kappa shape index (κ1) is 15.3. The fraction of sp³-hybridized carbons (Fsp3) is 0.462. The van der Waals surface area contributed by atoms with E-state index in [1.54, 1.807) is 4.90 Å². The van der Waals surface area contributed by atoms with Crippen molar-refractivity contribution in [3.63, 3.8) is 0 Å². The summed E-state index contributed by atoms with van der Waals surface area (Å²) in [6.07, 6.45) is 0.180. The quantitative estimate of drug-likeness (QED) is 0.919. The van der Waals surface area contributed by atoms with Gasteiger partial charge in [0, 0.05) is 18.9 Å². The van der Waals surface area contributed by atoms with Crippen LogP contribution in [0.5, 0.6) is 0 Å². The highest BCUT2D eigenvalue weighted by Crippen LogP contribution is 2.33. The number of hydrogen-bond acceptors (Lipinski definition) is 3. The van der Waals surface area contributed by atoms with Crippen LogP contribution < -0.4 is 10.0 Å². The molecule has 1 aliphatic heterocycles. The fourth-order valence-corrected chi connectivity index (χ4v) is 3.63. The second kappa shape index (κ2) is 5.35. The Morgan fingerprint density at radius 1 is 1.35 bits per heavy atom. The van der Waals surface area contributed by atoms with Gasteiger partial charge in [0.15, 0.2) is 0 Å². The van der Waals surface area contributed by atoms with Gasteiger partial charge in [0.1, 0.15) is 0 Å². The number of amides is 1. The Balaban J connectivity index is 2.26. The van der Waals surface area contributed by atoms with Crippen LogP contribution in [0.15, 0.2) is 12.1 Å². The molecule has 1 fully saturated rings. The van der Waals surface area contributed by atoms with Crippen LogP contribution in [-0.4, -0.2) is 26.6 Å². The zero-order valence-electron chi connectivity index (χ0n) is 11.4. The van der Waals surface area contributed by atoms with Crippen LogP contribution >= 0.6 is 11.6 Å². The van der Waals surface area contributed by atoms with Gasteiger partial charge in [0.2, 0.25) is 15.9 Å². The molecule has 2 N–H and O–H groups in total. The minimum Gasteiger partial charge on any atom is -0.311 e. The Morgan fingerprint density at radius 3 is 2.55 bits per heavy atom. The largest absolute Gasteiger partial charge is 0.311 e. The maximum atomic E-state index is 12.1. The van der Waals surface area contributed by atoms with E-state index in [0.717, 1.165) is 11.1 Å². The molecule has 1 heterocycles. The number of carbonyl (C=O) groups excluding carboxylic acids is 1. The topological polar surface area (TPSA) is 80.5 Å². The van der Waals surface area contributed by atoms with Crippen LogP contribution in [0.2, 0.25) is 5.02 Å². The van der Waals surface area contributed by atoms with Crippen molar-refractivity contribution in [1.29, 1.82) is 0 Å². The van der Waals surface area contributed by atoms with E-state index in [-0.39, 0.29) is 24.0 Å². The molecule has 1 aromatic carbocycles. The Hall–Kier alpha value is -1.11. The molecule has 1 saturated heterocycles. The molecule has 2 rings (SSSR count). The van der Waals surface area contributed by atoms with E-state index in [2.05, 4.69) is 0 Å². The lowest BCUT2D eigenvalue weighted by molar-refractivity contribution is -0.117. The predicted molar refractivity (Wildman–Crippen MR) is 79.4 cm³/mol. The van der Waals surface area contributed by atoms with Gasteiger partial charge in [-0.05, 0) is 37.1 Å². The van der Waals surface area contributed by atoms with Crippen molar-refractivity contribution in [1.82, 2.24) is 0 Å². The monoisotopic (exact) mass is 316 g/mol. The maximum absolute atomic E-state index is 12.1. The highest BCUT2D eigenvalue weighted by Gasteiger charge is 2.33. The van der Waals surface area contributed by atoms with Crippen LogP contribution in [0.3, 0.4) is 0 Å². The molecule has 0 aliphatic carbocycles. The molecule has 20 heavy (non-hydrogen) atoms. The molecule has 0 aromatic heterocycles. The number of nitrogens with two attached hydrogens (primary N) is 1. The second-order valence-corrected chi connectivity index (χ2v) is 7.36. The van der Waals surface area contributed by atoms with Gasteiger partial charge < -0.3 is 4.90 Å². The first-order chi connectivity index (χ1) is 9.17. The van der Waals surface area contributed by atoms with Gasteiger partial charge in [0.05, 0.1) is 16.5 Å². The number of anilines is 1. The summed E-state index contributed by atoms with van der Waals surface area (Å²) in [4.78, 5) is 13.6. The Morgan fingerprint density at radius 2 is 1.95 bits per heavy atom. The Bertz CT molecular complexity index is 658. The van der Waals surface area contributed by atoms with Crippen LogP contribution in [0.1, 0.15) is 17.5 Å². The molecule has 0 radical (unpaired) electrons. The number of rotatable bonds is 3. The minimum atomic E-state index is -3.57. The van der Waals surface area contributed by atoms with E-state index in [9.17, 15) is 13.2 Å². The zero-order chi connectivity index (χ0) is 15.1. The van der Waals surface area contributed by atoms with Gasteiger partial charge in [0.25, 0.3) is 0 Å². The molecule has 1 atom stereocenters. The third-order valence-electron chi connectivity index (χ3n) is 3.53. The lowest BCUT2D eigenvalue weighted by Gasteiger charge is -2.19. The zero-order valence-corrected chi connectivity index (χ0v) is 13.0. The molecule has 5 nitrogen and oxygen atoms in total. The summed E-state index contributed by atoms with van der Waals surface area (Å²) in [5.41, 5.74) is 2.72. The standard InChI is InChI=1S/C13H17ClN2O3S/c1-8-3-11(14)12(4-9(8)2)16-6-10(5-13(16)17)7-20(15,18)19/h3-4,10H,5-7H2,1-2H3,(H2,15,18,19). The molecular formula is C13H17ClN2O3S. The molecule has 7 heteroatoms. The number of primary sulfonamides is 1. The molecule has 1 aromatic rings. The molecule has 1 amide bonds. The van der Waals surface area contributed by atoms with Crippen molar-refractivity contribution in [2.45, 2.75) is 20.3 Å². The Labute approximate surface area is 123 Å². The minimum absolute atomic E-state index is 0.121. The lowest BCUT2D eigenvalue weighted by atomic mass is 10.1. The van der Waals surface area contributed by atoms with Crippen molar-refractivity contribution in [2.75, 3.05) is 17.2 Å². The normalized spacial score (nSPS) is 19.7. The average Bonchev–Trinajstić information content (AvgIpc) is 2.62. The third-order valence-corrected chi connectivity index (χ3v) is 4.77. The average molecular weight is 317 g/mol. The molecular weight excluding hydrogens is 300 g/mol. The predicted octanol–water partition coefficient (Wildman–Crippen LogP) is 1.60. The summed E-state index contributed by atoms with van der Waals surface area (Å²) in [7, 11) is -3.57. The number of sulfonamides is 1. The number of aryl methyl sites for hydroxylation is 2. The van der Waals surface area contributed by atoms with Gasteiger partial charge in [-0.1, -0.05) is 11.6 Å². The number of halogens is 1. The van der Waals surface area contributed by atoms with Crippen molar-refractivity contribution >= 4 is 33.2 Å². The third kappa shape index (κ3) is 3.31. The van der Waals surface area contributed by atoms with Crippen LogP contribution in [-0.2, 0) is 14.8 Å². The van der Waals surface area contributed by atoms with Gasteiger partial charge in [-0.15, -0.1) is 0 Å². The summed E-state index contributed by atoms with van der Waals surface area (Å²) in [6.45, 7) is 4.22. The maximum Gasteiger partial charge on any atom is 0.227 e. The van der Waals surface area contributed by atoms with Crippen LogP contribution in [0.25, 0.3) is 0 Å². The van der Waals surface area contributed by atoms with Gasteiger partial charge in [-0.25, -0.2) is 13.6 Å². The highest BCUT2D eigenvalue weighted by atomic mass is 35.5. The molecule has 1 unspecified atom stereocenters. The first-order valence-electron chi connectivity index (χ1n) is 6.25. The highest BCUT2D eigenvalue weighted by molar-refractivity contribution is 7.89. The van der Waals surface area contributed by atoms with Crippen molar-refractivity contribution < 1.29 is 13.2 Å². The van der Waals surface area contributed by atoms with E-state index in [1.165, 1.54) is 0 Å². The fourth-order valence-electron chi connectivity index (χ4n) is 2.43. The summed E-state index contributed by atoms with van der Waals surface area (Å²) in [5.74, 6) is -0.587. The summed E-state index contributed by atoms with van der Waals surface area (Å²) < 4.78 is 22.2. The molecule has 0 bridgehead atoms. The molecule has 1 aliphatic rings. The van der Waals surface area contributed by atoms with Gasteiger partial charge >= 0.3 is 0 Å². The second-order valence-electron chi connectivity index (χ2n) is 5.29. The van der Waals surface area contributed by atoms with Crippen molar-refractivity contribution in [3.8, 4) is 0 Å². The summed E-state index contributed by atoms with van der Waals surface area (Å²) in [5, 5.41) is 5.53. The number of nitrogens with zero attached hydrogens (tertiary/aromatic N) is 1. The lowest BCUT2D eigenvalue weighted by Crippen LogP contribution is -2.27. The van der Waals surface area contributed by atoms with E-state index in [4.69, 9.17) is 16.7 Å². The van der Waals surface area contributed by atoms with Gasteiger partial charge in [-0.3, -0.25) is 4.79 Å². The SMILES string of the molecule is Cc1cc(Cl)c(N2CC(CS(N)(=O)=O)CC2=O)cc1C. The smallest absolute Gasteiger partial charge is 0.227 e. The van der Waals surface area contributed by atoms with Crippen molar-refractivity contribution in [2.24, 2.45) is 11.1 Å². The summed E-state index contributed by atoms with van der Waals surface area (Å²) >= 11 is 6.19. The Kier molecular flexibility index (Phi) is 4.09. The number of hydrogen-bond donors (Lipinski definition) is 1. The first-order valence-corrected chi connectivity index (χ1v) is 8.34. The molecule has 110 valence electrons. The van der Waals surface area contributed by atoms with Crippen LogP contribution in [0, 0.1) is 19.8 Å². The van der Waals surface area contributed by atoms with E-state index < -0.39 is 10.0 Å². The van der Waals surface area contributed by atoms with Crippen molar-refractivity contribution in [3.05, 3.63) is 28.3 Å². The number of carbonyl (C=O) groups is 1. The van der Waals surface area contributed by atoms with Crippen LogP contribution in [0.4, 0.5) is 5.69 Å². The summed E-state index contributed by atoms with van der Waals surface area (Å²) in [6, 6.07) is 3.67. The van der Waals surface area contributed by atoms with E-state index in [1.807, 2.05) is 26.0 Å².